The summed E-state index contributed by atoms with van der Waals surface area (Å²) in [7, 11) is 1.53. The molecule has 0 aromatic heterocycles. The number of carbonyl (C=O) groups is 4. The van der Waals surface area contributed by atoms with Gasteiger partial charge in [-0.3, -0.25) is 24.1 Å². The van der Waals surface area contributed by atoms with E-state index in [4.69, 9.17) is 11.6 Å². The van der Waals surface area contributed by atoms with Gasteiger partial charge in [-0.05, 0) is 30.9 Å². The van der Waals surface area contributed by atoms with E-state index < -0.39 is 6.04 Å². The Morgan fingerprint density at radius 1 is 1.16 bits per heavy atom. The first-order chi connectivity index (χ1) is 14.9. The van der Waals surface area contributed by atoms with E-state index in [1.54, 1.807) is 12.1 Å². The third kappa shape index (κ3) is 4.82. The van der Waals surface area contributed by atoms with Gasteiger partial charge in [0.1, 0.15) is 6.04 Å². The molecule has 1 heterocycles. The molecular weight excluding hydrogens is 418 g/mol. The van der Waals surface area contributed by atoms with Crippen LogP contribution in [0.3, 0.4) is 0 Å². The largest absolute Gasteiger partial charge is 0.357 e. The van der Waals surface area contributed by atoms with Crippen molar-refractivity contribution in [3.63, 3.8) is 0 Å². The van der Waals surface area contributed by atoms with Crippen LogP contribution >= 0.6 is 11.6 Å². The van der Waals surface area contributed by atoms with Crippen LogP contribution in [0.1, 0.15) is 38.2 Å². The Morgan fingerprint density at radius 2 is 1.77 bits per heavy atom. The van der Waals surface area contributed by atoms with Crippen LogP contribution in [0.2, 0.25) is 5.02 Å². The molecule has 0 unspecified atom stereocenters. The smallest absolute Gasteiger partial charge is 0.242 e. The third-order valence-electron chi connectivity index (χ3n) is 6.08. The van der Waals surface area contributed by atoms with Crippen LogP contribution in [0, 0.1) is 11.8 Å². The van der Waals surface area contributed by atoms with Gasteiger partial charge in [0.15, 0.2) is 0 Å². The third-order valence-corrected chi connectivity index (χ3v) is 6.45. The van der Waals surface area contributed by atoms with Crippen molar-refractivity contribution in [1.29, 1.82) is 0 Å². The number of allylic oxidation sites excluding steroid dienone is 2. The number of fused-ring (bicyclic) bond motifs is 1. The Kier molecular flexibility index (Phi) is 7.49. The first-order valence-corrected chi connectivity index (χ1v) is 11.0. The number of amides is 4. The van der Waals surface area contributed by atoms with E-state index >= 15 is 0 Å². The summed E-state index contributed by atoms with van der Waals surface area (Å²) in [5, 5.41) is 3.11. The predicted molar refractivity (Wildman–Crippen MR) is 117 cm³/mol. The SMILES string of the molecule is CC[C@H](C(=O)NC)N(Cc1ccccc1Cl)C(=O)CCN1C(=O)[C@H]2CC=CC[C@H]2C1=O. The Morgan fingerprint density at radius 3 is 2.32 bits per heavy atom. The van der Waals surface area contributed by atoms with E-state index in [-0.39, 0.29) is 55.0 Å². The molecule has 4 amide bonds. The minimum Gasteiger partial charge on any atom is -0.357 e. The summed E-state index contributed by atoms with van der Waals surface area (Å²) >= 11 is 6.28. The van der Waals surface area contributed by atoms with Crippen molar-refractivity contribution in [2.45, 2.75) is 45.2 Å². The fourth-order valence-electron chi connectivity index (χ4n) is 4.34. The van der Waals surface area contributed by atoms with Crippen molar-refractivity contribution in [3.8, 4) is 0 Å². The summed E-state index contributed by atoms with van der Waals surface area (Å²) in [4.78, 5) is 53.7. The first-order valence-electron chi connectivity index (χ1n) is 10.6. The van der Waals surface area contributed by atoms with E-state index in [2.05, 4.69) is 5.32 Å². The van der Waals surface area contributed by atoms with Crippen molar-refractivity contribution in [3.05, 3.63) is 47.0 Å². The molecule has 1 N–H and O–H groups in total. The average molecular weight is 446 g/mol. The van der Waals surface area contributed by atoms with Crippen molar-refractivity contribution in [2.75, 3.05) is 13.6 Å². The van der Waals surface area contributed by atoms with Crippen LogP contribution in [0.5, 0.6) is 0 Å². The highest BCUT2D eigenvalue weighted by molar-refractivity contribution is 6.31. The van der Waals surface area contributed by atoms with E-state index in [0.29, 0.717) is 24.3 Å². The molecule has 0 spiro atoms. The molecule has 1 aliphatic heterocycles. The highest BCUT2D eigenvalue weighted by atomic mass is 35.5. The van der Waals surface area contributed by atoms with E-state index in [1.165, 1.54) is 16.8 Å². The lowest BCUT2D eigenvalue weighted by Gasteiger charge is -2.31. The van der Waals surface area contributed by atoms with Gasteiger partial charge in [-0.1, -0.05) is 48.9 Å². The number of nitrogens with zero attached hydrogens (tertiary/aromatic N) is 2. The van der Waals surface area contributed by atoms with E-state index in [9.17, 15) is 19.2 Å². The van der Waals surface area contributed by atoms with Crippen molar-refractivity contribution < 1.29 is 19.2 Å². The number of halogens is 1. The van der Waals surface area contributed by atoms with Gasteiger partial charge >= 0.3 is 0 Å². The number of benzene rings is 1. The highest BCUT2D eigenvalue weighted by Crippen LogP contribution is 2.35. The molecule has 31 heavy (non-hydrogen) atoms. The maximum atomic E-state index is 13.2. The standard InChI is InChI=1S/C23H28ClN3O4/c1-3-19(21(29)25-2)27(14-15-8-4-7-11-18(15)24)20(28)12-13-26-22(30)16-9-5-6-10-17(16)23(26)31/h4-8,11,16-17,19H,3,9-10,12-14H2,1-2H3,(H,25,29)/t16-,17+,19-/m1/s1. The molecule has 0 saturated carbocycles. The second-order valence-corrected chi connectivity index (χ2v) is 8.29. The van der Waals surface area contributed by atoms with Gasteiger partial charge in [0.25, 0.3) is 0 Å². The predicted octanol–water partition coefficient (Wildman–Crippen LogP) is 2.53. The zero-order valence-electron chi connectivity index (χ0n) is 17.8. The fourth-order valence-corrected chi connectivity index (χ4v) is 4.53. The van der Waals surface area contributed by atoms with Crippen molar-refractivity contribution in [2.24, 2.45) is 11.8 Å². The molecular formula is C23H28ClN3O4. The van der Waals surface area contributed by atoms with Gasteiger partial charge < -0.3 is 10.2 Å². The number of likely N-dealkylation sites (tertiary alicyclic amines) is 1. The molecule has 1 aromatic carbocycles. The number of nitrogens with one attached hydrogen (secondary N) is 1. The number of carbonyl (C=O) groups excluding carboxylic acids is 4. The molecule has 0 radical (unpaired) electrons. The molecule has 8 heteroatoms. The monoisotopic (exact) mass is 445 g/mol. The van der Waals surface area contributed by atoms with Gasteiger partial charge in [0, 0.05) is 31.6 Å². The first kappa shape index (κ1) is 23.0. The minimum atomic E-state index is -0.675. The number of imide groups is 1. The van der Waals surface area contributed by atoms with Crippen molar-refractivity contribution in [1.82, 2.24) is 15.1 Å². The Labute approximate surface area is 187 Å². The van der Waals surface area contributed by atoms with Crippen molar-refractivity contribution >= 4 is 35.2 Å². The summed E-state index contributed by atoms with van der Waals surface area (Å²) in [5.74, 6) is -1.62. The van der Waals surface area contributed by atoms with Gasteiger partial charge in [0.05, 0.1) is 11.8 Å². The molecule has 3 rings (SSSR count). The Hall–Kier alpha value is -2.67. The van der Waals surface area contributed by atoms with Gasteiger partial charge in [0.2, 0.25) is 23.6 Å². The molecule has 166 valence electrons. The van der Waals surface area contributed by atoms with Crippen LogP contribution < -0.4 is 5.32 Å². The zero-order chi connectivity index (χ0) is 22.5. The van der Waals surface area contributed by atoms with E-state index in [1.807, 2.05) is 31.2 Å². The summed E-state index contributed by atoms with van der Waals surface area (Å²) in [6, 6.07) is 6.49. The second kappa shape index (κ2) is 10.1. The normalized spacial score (nSPS) is 21.1. The maximum Gasteiger partial charge on any atom is 0.242 e. The molecule has 1 aliphatic carbocycles. The Balaban J connectivity index is 1.75. The maximum absolute atomic E-state index is 13.2. The lowest BCUT2D eigenvalue weighted by atomic mass is 9.85. The van der Waals surface area contributed by atoms with E-state index in [0.717, 1.165) is 5.56 Å². The number of hydrogen-bond acceptors (Lipinski definition) is 4. The van der Waals surface area contributed by atoms with Crippen LogP contribution in [0.15, 0.2) is 36.4 Å². The second-order valence-electron chi connectivity index (χ2n) is 7.89. The number of hydrogen-bond donors (Lipinski definition) is 1. The lowest BCUT2D eigenvalue weighted by Crippen LogP contribution is -2.49. The number of likely N-dealkylation sites (N-methyl/N-ethyl adjacent to an activating group) is 1. The molecule has 1 aromatic rings. The van der Waals surface area contributed by atoms with Gasteiger partial charge in [-0.15, -0.1) is 0 Å². The summed E-state index contributed by atoms with van der Waals surface area (Å²) in [6.45, 7) is 2.02. The topological polar surface area (TPSA) is 86.8 Å². The van der Waals surface area contributed by atoms with Gasteiger partial charge in [-0.25, -0.2) is 0 Å². The van der Waals surface area contributed by atoms with Crippen LogP contribution in [-0.2, 0) is 25.7 Å². The highest BCUT2D eigenvalue weighted by Gasteiger charge is 2.47. The van der Waals surface area contributed by atoms with Crippen LogP contribution in [0.25, 0.3) is 0 Å². The molecule has 3 atom stereocenters. The molecule has 0 bridgehead atoms. The van der Waals surface area contributed by atoms with Crippen LogP contribution in [-0.4, -0.2) is 53.1 Å². The molecule has 1 saturated heterocycles. The molecule has 2 aliphatic rings. The fraction of sp³-hybridized carbons (Fsp3) is 0.478. The van der Waals surface area contributed by atoms with Crippen LogP contribution in [0.4, 0.5) is 0 Å². The summed E-state index contributed by atoms with van der Waals surface area (Å²) < 4.78 is 0. The molecule has 7 nitrogen and oxygen atoms in total. The zero-order valence-corrected chi connectivity index (χ0v) is 18.6. The molecule has 1 fully saturated rings. The summed E-state index contributed by atoms with van der Waals surface area (Å²) in [5.41, 5.74) is 0.727. The Bertz CT molecular complexity index is 875. The average Bonchev–Trinajstić information content (AvgIpc) is 3.03. The summed E-state index contributed by atoms with van der Waals surface area (Å²) in [6.07, 6.45) is 5.37. The lowest BCUT2D eigenvalue weighted by molar-refractivity contribution is -0.144. The number of rotatable bonds is 8. The van der Waals surface area contributed by atoms with Gasteiger partial charge in [-0.2, -0.15) is 0 Å². The quantitative estimate of drug-likeness (QED) is 0.492. The minimum absolute atomic E-state index is 0.0205.